The Kier molecular flexibility index (Phi) is 5.90. The summed E-state index contributed by atoms with van der Waals surface area (Å²) in [6, 6.07) is 0. The van der Waals surface area contributed by atoms with Crippen LogP contribution >= 0.6 is 0 Å². The van der Waals surface area contributed by atoms with E-state index in [9.17, 15) is 8.42 Å². The molecule has 0 radical (unpaired) electrons. The Morgan fingerprint density at radius 3 is 1.67 bits per heavy atom. The maximum atomic E-state index is 10.8. The second-order valence-electron chi connectivity index (χ2n) is 3.48. The maximum Gasteiger partial charge on any atom is 0.219 e. The fraction of sp³-hybridized carbons (Fsp3) is 0.0769. The smallest absolute Gasteiger partial charge is 0.219 e. The van der Waals surface area contributed by atoms with Gasteiger partial charge in [-0.2, -0.15) is 0 Å². The molecule has 0 spiro atoms. The summed E-state index contributed by atoms with van der Waals surface area (Å²) in [4.78, 5) is 0. The van der Waals surface area contributed by atoms with Gasteiger partial charge in [0.2, 0.25) is 10.0 Å². The standard InChI is InChI=1S/C7H9NO2S.C6H7N/c8-11(9,10)7-5-3-1-2-4-6-7;1-2-4-6-7-5-3-1/h1-7H,(H2,8,9,10);1-7H. The molecule has 0 aromatic carbocycles. The zero-order valence-corrected chi connectivity index (χ0v) is 10.6. The summed E-state index contributed by atoms with van der Waals surface area (Å²) in [7, 11) is -3.46. The van der Waals surface area contributed by atoms with Crippen molar-refractivity contribution in [1.29, 1.82) is 0 Å². The minimum atomic E-state index is -3.46. The summed E-state index contributed by atoms with van der Waals surface area (Å²) in [6.07, 6.45) is 21.5. The van der Waals surface area contributed by atoms with E-state index in [0.717, 1.165) is 0 Å². The van der Waals surface area contributed by atoms with E-state index in [1.54, 1.807) is 24.3 Å². The molecule has 0 fully saturated rings. The van der Waals surface area contributed by atoms with E-state index >= 15 is 0 Å². The fourth-order valence-corrected chi connectivity index (χ4v) is 1.78. The Balaban J connectivity index is 0.000000199. The van der Waals surface area contributed by atoms with Crippen molar-refractivity contribution in [3.8, 4) is 0 Å². The van der Waals surface area contributed by atoms with Gasteiger partial charge < -0.3 is 5.32 Å². The van der Waals surface area contributed by atoms with E-state index in [-0.39, 0.29) is 0 Å². The van der Waals surface area contributed by atoms with Crippen LogP contribution in [0.4, 0.5) is 0 Å². The Morgan fingerprint density at radius 1 is 0.778 bits per heavy atom. The summed E-state index contributed by atoms with van der Waals surface area (Å²) >= 11 is 0. The molecule has 0 atom stereocenters. The molecule has 4 nitrogen and oxygen atoms in total. The van der Waals surface area contributed by atoms with Crippen molar-refractivity contribution < 1.29 is 8.42 Å². The third-order valence-corrected chi connectivity index (χ3v) is 3.11. The number of primary sulfonamides is 1. The van der Waals surface area contributed by atoms with Gasteiger partial charge in [0, 0.05) is 12.4 Å². The lowest BCUT2D eigenvalue weighted by Crippen LogP contribution is -2.24. The average Bonchev–Trinajstić information content (AvgIpc) is 2.76. The number of sulfonamides is 1. The predicted octanol–water partition coefficient (Wildman–Crippen LogP) is 1.50. The predicted molar refractivity (Wildman–Crippen MR) is 74.9 cm³/mol. The molecule has 0 aromatic heterocycles. The molecule has 2 aliphatic rings. The van der Waals surface area contributed by atoms with Crippen LogP contribution in [0.25, 0.3) is 0 Å². The summed E-state index contributed by atoms with van der Waals surface area (Å²) < 4.78 is 21.6. The first kappa shape index (κ1) is 14.2. The minimum absolute atomic E-state index is 0.683. The lowest BCUT2D eigenvalue weighted by atomic mass is 10.4. The highest BCUT2D eigenvalue weighted by atomic mass is 32.2. The highest BCUT2D eigenvalue weighted by Crippen LogP contribution is 2.03. The molecule has 0 aromatic rings. The largest absolute Gasteiger partial charge is 0.368 e. The lowest BCUT2D eigenvalue weighted by molar-refractivity contribution is 0.596. The number of rotatable bonds is 1. The van der Waals surface area contributed by atoms with E-state index in [2.05, 4.69) is 5.32 Å². The molecule has 1 aliphatic heterocycles. The van der Waals surface area contributed by atoms with Crippen molar-refractivity contribution in [3.63, 3.8) is 0 Å². The monoisotopic (exact) mass is 264 g/mol. The van der Waals surface area contributed by atoms with Crippen molar-refractivity contribution in [2.45, 2.75) is 5.25 Å². The molecule has 0 unspecified atom stereocenters. The SMILES string of the molecule is C1=CC=CNC=C1.NS(=O)(=O)C1C=CC=CC=C1. The molecule has 0 amide bonds. The van der Waals surface area contributed by atoms with Gasteiger partial charge in [-0.05, 0) is 12.2 Å². The molecule has 0 bridgehead atoms. The fourth-order valence-electron chi connectivity index (χ4n) is 1.16. The first-order valence-corrected chi connectivity index (χ1v) is 6.99. The number of nitrogens with one attached hydrogen (secondary N) is 1. The third kappa shape index (κ3) is 6.03. The maximum absolute atomic E-state index is 10.8. The topological polar surface area (TPSA) is 72.2 Å². The molecule has 96 valence electrons. The number of allylic oxidation sites excluding steroid dienone is 8. The van der Waals surface area contributed by atoms with Crippen molar-refractivity contribution in [2.24, 2.45) is 5.14 Å². The van der Waals surface area contributed by atoms with Gasteiger partial charge in [0.15, 0.2) is 0 Å². The number of hydrogen-bond acceptors (Lipinski definition) is 3. The molecule has 3 N–H and O–H groups in total. The van der Waals surface area contributed by atoms with Gasteiger partial charge in [-0.3, -0.25) is 0 Å². The van der Waals surface area contributed by atoms with E-state index in [1.165, 1.54) is 12.2 Å². The minimum Gasteiger partial charge on any atom is -0.368 e. The highest BCUT2D eigenvalue weighted by Gasteiger charge is 2.13. The van der Waals surface area contributed by atoms with Gasteiger partial charge in [0.25, 0.3) is 0 Å². The summed E-state index contributed by atoms with van der Waals surface area (Å²) in [5.41, 5.74) is 0. The second kappa shape index (κ2) is 7.47. The Morgan fingerprint density at radius 2 is 1.22 bits per heavy atom. The molecule has 1 heterocycles. The van der Waals surface area contributed by atoms with Crippen LogP contribution < -0.4 is 10.5 Å². The van der Waals surface area contributed by atoms with E-state index in [1.807, 2.05) is 36.7 Å². The molecular formula is C13H16N2O2S. The van der Waals surface area contributed by atoms with Crippen molar-refractivity contribution in [1.82, 2.24) is 5.32 Å². The summed E-state index contributed by atoms with van der Waals surface area (Å²) in [5, 5.41) is 7.16. The van der Waals surface area contributed by atoms with Gasteiger partial charge in [-0.1, -0.05) is 48.6 Å². The second-order valence-corrected chi connectivity index (χ2v) is 5.20. The first-order chi connectivity index (χ1) is 8.61. The third-order valence-electron chi connectivity index (χ3n) is 2.03. The Labute approximate surface area is 108 Å². The zero-order valence-electron chi connectivity index (χ0n) is 9.81. The molecule has 0 saturated heterocycles. The first-order valence-electron chi connectivity index (χ1n) is 5.38. The lowest BCUT2D eigenvalue weighted by Gasteiger charge is -2.01. The zero-order chi connectivity index (χ0) is 13.3. The molecular weight excluding hydrogens is 248 g/mol. The summed E-state index contributed by atoms with van der Waals surface area (Å²) in [5.74, 6) is 0. The van der Waals surface area contributed by atoms with Crippen molar-refractivity contribution in [3.05, 3.63) is 73.2 Å². The van der Waals surface area contributed by atoms with Crippen molar-refractivity contribution in [2.75, 3.05) is 0 Å². The van der Waals surface area contributed by atoms with Crippen LogP contribution in [0.3, 0.4) is 0 Å². The summed E-state index contributed by atoms with van der Waals surface area (Å²) in [6.45, 7) is 0. The van der Waals surface area contributed by atoms with Gasteiger partial charge in [-0.15, -0.1) is 0 Å². The quantitative estimate of drug-likeness (QED) is 0.754. The van der Waals surface area contributed by atoms with Crippen LogP contribution in [0.2, 0.25) is 0 Å². The van der Waals surface area contributed by atoms with Crippen LogP contribution in [0.1, 0.15) is 0 Å². The van der Waals surface area contributed by atoms with E-state index in [0.29, 0.717) is 0 Å². The number of nitrogens with two attached hydrogens (primary N) is 1. The molecule has 1 aliphatic carbocycles. The molecule has 5 heteroatoms. The number of hydrogen-bond donors (Lipinski definition) is 2. The highest BCUT2D eigenvalue weighted by molar-refractivity contribution is 7.90. The Hall–Kier alpha value is -1.85. The molecule has 0 saturated carbocycles. The van der Waals surface area contributed by atoms with Gasteiger partial charge >= 0.3 is 0 Å². The molecule has 18 heavy (non-hydrogen) atoms. The molecule has 2 rings (SSSR count). The van der Waals surface area contributed by atoms with Crippen LogP contribution in [0, 0.1) is 0 Å². The van der Waals surface area contributed by atoms with Gasteiger partial charge in [0.1, 0.15) is 5.25 Å². The van der Waals surface area contributed by atoms with E-state index in [4.69, 9.17) is 5.14 Å². The van der Waals surface area contributed by atoms with E-state index < -0.39 is 15.3 Å². The van der Waals surface area contributed by atoms with Crippen LogP contribution in [-0.2, 0) is 10.0 Å². The van der Waals surface area contributed by atoms with Crippen LogP contribution in [0.15, 0.2) is 73.2 Å². The van der Waals surface area contributed by atoms with Gasteiger partial charge in [-0.25, -0.2) is 13.6 Å². The van der Waals surface area contributed by atoms with Crippen LogP contribution in [-0.4, -0.2) is 13.7 Å². The van der Waals surface area contributed by atoms with Crippen molar-refractivity contribution >= 4 is 10.0 Å². The van der Waals surface area contributed by atoms with Crippen LogP contribution in [0.5, 0.6) is 0 Å². The Bertz CT molecular complexity index is 493. The normalized spacial score (nSPS) is 17.6. The average molecular weight is 264 g/mol. The van der Waals surface area contributed by atoms with Gasteiger partial charge in [0.05, 0.1) is 0 Å².